The van der Waals surface area contributed by atoms with Crippen LogP contribution in [0.2, 0.25) is 0 Å². The highest BCUT2D eigenvalue weighted by molar-refractivity contribution is 5.86. The van der Waals surface area contributed by atoms with Crippen molar-refractivity contribution in [2.45, 2.75) is 38.9 Å². The number of aromatic nitrogens is 1. The van der Waals surface area contributed by atoms with Crippen LogP contribution in [0, 0.1) is 0 Å². The van der Waals surface area contributed by atoms with Gasteiger partial charge in [0.15, 0.2) is 0 Å². The summed E-state index contributed by atoms with van der Waals surface area (Å²) in [6.45, 7) is 4.13. The lowest BCUT2D eigenvalue weighted by atomic mass is 10.1. The first-order valence-electron chi connectivity index (χ1n) is 6.38. The Labute approximate surface area is 102 Å². The van der Waals surface area contributed by atoms with Crippen LogP contribution in [0.1, 0.15) is 25.3 Å². The Balaban J connectivity index is 1.98. The average Bonchev–Trinajstić information content (AvgIpc) is 3.09. The van der Waals surface area contributed by atoms with E-state index in [1.807, 2.05) is 6.07 Å². The van der Waals surface area contributed by atoms with Crippen LogP contribution >= 0.6 is 0 Å². The number of nitrogens with two attached hydrogens (primary N) is 1. The van der Waals surface area contributed by atoms with Gasteiger partial charge in [-0.2, -0.15) is 0 Å². The summed E-state index contributed by atoms with van der Waals surface area (Å²) < 4.78 is 2.27. The molecule has 1 saturated carbocycles. The molecule has 0 radical (unpaired) electrons. The zero-order valence-electron chi connectivity index (χ0n) is 10.2. The van der Waals surface area contributed by atoms with Gasteiger partial charge in [-0.1, -0.05) is 6.07 Å². The van der Waals surface area contributed by atoms with Crippen molar-refractivity contribution in [3.63, 3.8) is 0 Å². The first kappa shape index (κ1) is 10.7. The van der Waals surface area contributed by atoms with Crippen LogP contribution < -0.4 is 11.1 Å². The Bertz CT molecular complexity index is 538. The van der Waals surface area contributed by atoms with E-state index < -0.39 is 0 Å². The molecule has 3 nitrogen and oxygen atoms in total. The molecule has 17 heavy (non-hydrogen) atoms. The molecule has 1 aliphatic carbocycles. The largest absolute Gasteiger partial charge is 0.399 e. The Hall–Kier alpha value is -1.48. The fourth-order valence-corrected chi connectivity index (χ4v) is 2.33. The Morgan fingerprint density at radius 1 is 1.41 bits per heavy atom. The zero-order chi connectivity index (χ0) is 11.8. The van der Waals surface area contributed by atoms with E-state index in [9.17, 15) is 0 Å². The SMILES string of the molecule is CCn1cc(CNC2CC2)c2ccc(N)cc21. The number of hydrogen-bond acceptors (Lipinski definition) is 2. The minimum absolute atomic E-state index is 0.754. The molecule has 0 saturated heterocycles. The molecule has 1 aliphatic rings. The lowest BCUT2D eigenvalue weighted by Crippen LogP contribution is -2.14. The van der Waals surface area contributed by atoms with Crippen molar-refractivity contribution in [3.05, 3.63) is 30.0 Å². The van der Waals surface area contributed by atoms with Gasteiger partial charge in [-0.05, 0) is 37.5 Å². The van der Waals surface area contributed by atoms with Crippen molar-refractivity contribution in [1.29, 1.82) is 0 Å². The van der Waals surface area contributed by atoms with E-state index in [4.69, 9.17) is 5.73 Å². The third-order valence-corrected chi connectivity index (χ3v) is 3.49. The second-order valence-corrected chi connectivity index (χ2v) is 4.87. The number of hydrogen-bond donors (Lipinski definition) is 2. The minimum Gasteiger partial charge on any atom is -0.399 e. The summed E-state index contributed by atoms with van der Waals surface area (Å²) in [5, 5.41) is 4.90. The molecule has 0 unspecified atom stereocenters. The molecule has 3 heteroatoms. The number of nitrogens with one attached hydrogen (secondary N) is 1. The predicted molar refractivity (Wildman–Crippen MR) is 71.9 cm³/mol. The summed E-state index contributed by atoms with van der Waals surface area (Å²) in [6, 6.07) is 6.95. The van der Waals surface area contributed by atoms with E-state index in [-0.39, 0.29) is 0 Å². The van der Waals surface area contributed by atoms with Gasteiger partial charge in [0.05, 0.1) is 5.52 Å². The molecular formula is C14H19N3. The predicted octanol–water partition coefficient (Wildman–Crippen LogP) is 2.50. The van der Waals surface area contributed by atoms with Gasteiger partial charge in [0, 0.05) is 36.4 Å². The third kappa shape index (κ3) is 2.03. The second kappa shape index (κ2) is 4.08. The number of anilines is 1. The van der Waals surface area contributed by atoms with Crippen LogP contribution in [0.4, 0.5) is 5.69 Å². The van der Waals surface area contributed by atoms with Gasteiger partial charge in [-0.25, -0.2) is 0 Å². The van der Waals surface area contributed by atoms with E-state index >= 15 is 0 Å². The molecule has 0 aliphatic heterocycles. The van der Waals surface area contributed by atoms with Crippen molar-refractivity contribution in [2.75, 3.05) is 5.73 Å². The molecular weight excluding hydrogens is 210 g/mol. The standard InChI is InChI=1S/C14H19N3/c1-2-17-9-10(8-16-12-4-5-12)13-6-3-11(15)7-14(13)17/h3,6-7,9,12,16H,2,4-5,8,15H2,1H3. The maximum Gasteiger partial charge on any atom is 0.0504 e. The van der Waals surface area contributed by atoms with Gasteiger partial charge >= 0.3 is 0 Å². The summed E-state index contributed by atoms with van der Waals surface area (Å²) in [6.07, 6.45) is 4.91. The van der Waals surface area contributed by atoms with Crippen molar-refractivity contribution < 1.29 is 0 Å². The van der Waals surface area contributed by atoms with Gasteiger partial charge < -0.3 is 15.6 Å². The third-order valence-electron chi connectivity index (χ3n) is 3.49. The topological polar surface area (TPSA) is 43.0 Å². The van der Waals surface area contributed by atoms with Gasteiger partial charge in [-0.3, -0.25) is 0 Å². The van der Waals surface area contributed by atoms with Crippen LogP contribution in [0.5, 0.6) is 0 Å². The number of benzene rings is 1. The normalized spacial score (nSPS) is 15.6. The first-order chi connectivity index (χ1) is 8.28. The maximum absolute atomic E-state index is 5.86. The Morgan fingerprint density at radius 2 is 2.24 bits per heavy atom. The number of aryl methyl sites for hydroxylation is 1. The van der Waals surface area contributed by atoms with Gasteiger partial charge in [0.2, 0.25) is 0 Å². The second-order valence-electron chi connectivity index (χ2n) is 4.87. The number of rotatable bonds is 4. The Morgan fingerprint density at radius 3 is 2.94 bits per heavy atom. The highest BCUT2D eigenvalue weighted by Gasteiger charge is 2.20. The van der Waals surface area contributed by atoms with Gasteiger partial charge in [0.1, 0.15) is 0 Å². The molecule has 90 valence electrons. The van der Waals surface area contributed by atoms with Gasteiger partial charge in [-0.15, -0.1) is 0 Å². The molecule has 1 fully saturated rings. The van der Waals surface area contributed by atoms with Crippen LogP contribution in [0.15, 0.2) is 24.4 Å². The quantitative estimate of drug-likeness (QED) is 0.791. The molecule has 0 atom stereocenters. The maximum atomic E-state index is 5.86. The average molecular weight is 229 g/mol. The number of fused-ring (bicyclic) bond motifs is 1. The van der Waals surface area contributed by atoms with Gasteiger partial charge in [0.25, 0.3) is 0 Å². The summed E-state index contributed by atoms with van der Waals surface area (Å²) in [5.74, 6) is 0. The number of nitrogen functional groups attached to an aromatic ring is 1. The molecule has 0 amide bonds. The van der Waals surface area contributed by atoms with Crippen molar-refractivity contribution in [2.24, 2.45) is 0 Å². The molecule has 0 spiro atoms. The van der Waals surface area contributed by atoms with Crippen LogP contribution in [-0.2, 0) is 13.1 Å². The highest BCUT2D eigenvalue weighted by Crippen LogP contribution is 2.25. The monoisotopic (exact) mass is 229 g/mol. The zero-order valence-corrected chi connectivity index (χ0v) is 10.2. The van der Waals surface area contributed by atoms with E-state index in [1.54, 1.807) is 0 Å². The Kier molecular flexibility index (Phi) is 2.56. The fourth-order valence-electron chi connectivity index (χ4n) is 2.33. The lowest BCUT2D eigenvalue weighted by molar-refractivity contribution is 0.686. The molecule has 3 N–H and O–H groups in total. The van der Waals surface area contributed by atoms with Crippen molar-refractivity contribution >= 4 is 16.6 Å². The fraction of sp³-hybridized carbons (Fsp3) is 0.429. The van der Waals surface area contributed by atoms with E-state index in [2.05, 4.69) is 35.1 Å². The minimum atomic E-state index is 0.754. The molecule has 3 rings (SSSR count). The lowest BCUT2D eigenvalue weighted by Gasteiger charge is -2.01. The van der Waals surface area contributed by atoms with Crippen LogP contribution in [-0.4, -0.2) is 10.6 Å². The van der Waals surface area contributed by atoms with Crippen LogP contribution in [0.3, 0.4) is 0 Å². The first-order valence-corrected chi connectivity index (χ1v) is 6.38. The summed E-state index contributed by atoms with van der Waals surface area (Å²) >= 11 is 0. The van der Waals surface area contributed by atoms with E-state index in [0.29, 0.717) is 0 Å². The summed E-state index contributed by atoms with van der Waals surface area (Å²) in [5.41, 5.74) is 9.33. The van der Waals surface area contributed by atoms with Crippen molar-refractivity contribution in [1.82, 2.24) is 9.88 Å². The molecule has 2 aromatic rings. The molecule has 1 aromatic heterocycles. The molecule has 1 heterocycles. The smallest absolute Gasteiger partial charge is 0.0504 e. The summed E-state index contributed by atoms with van der Waals surface area (Å²) in [4.78, 5) is 0. The highest BCUT2D eigenvalue weighted by atomic mass is 15.0. The molecule has 0 bridgehead atoms. The molecule has 1 aromatic carbocycles. The summed E-state index contributed by atoms with van der Waals surface area (Å²) in [7, 11) is 0. The van der Waals surface area contributed by atoms with E-state index in [0.717, 1.165) is 24.8 Å². The van der Waals surface area contributed by atoms with Crippen molar-refractivity contribution in [3.8, 4) is 0 Å². The van der Waals surface area contributed by atoms with E-state index in [1.165, 1.54) is 29.3 Å². The number of nitrogens with zero attached hydrogens (tertiary/aromatic N) is 1. The van der Waals surface area contributed by atoms with Crippen LogP contribution in [0.25, 0.3) is 10.9 Å².